The average molecular weight is 367 g/mol. The van der Waals surface area contributed by atoms with Crippen molar-refractivity contribution < 1.29 is 14.4 Å². The highest BCUT2D eigenvalue weighted by Gasteiger charge is 2.33. The van der Waals surface area contributed by atoms with E-state index in [2.05, 4.69) is 21.1 Å². The maximum absolute atomic E-state index is 12.1. The van der Waals surface area contributed by atoms with Crippen LogP contribution in [0.1, 0.15) is 24.8 Å². The molecule has 1 fully saturated rings. The number of benzene rings is 1. The minimum absolute atomic E-state index is 0.150. The van der Waals surface area contributed by atoms with Gasteiger partial charge < -0.3 is 14.5 Å². The average Bonchev–Trinajstić information content (AvgIpc) is 3.00. The summed E-state index contributed by atoms with van der Waals surface area (Å²) in [6.07, 6.45) is 2.62. The summed E-state index contributed by atoms with van der Waals surface area (Å²) in [4.78, 5) is 19.3. The molecule has 1 aromatic rings. The summed E-state index contributed by atoms with van der Waals surface area (Å²) >= 11 is 3.36. The predicted octanol–water partition coefficient (Wildman–Crippen LogP) is 3.53. The minimum Gasteiger partial charge on any atom is -0.445 e. The number of halogens is 1. The Morgan fingerprint density at radius 3 is 2.68 bits per heavy atom. The first-order chi connectivity index (χ1) is 10.7. The maximum Gasteiger partial charge on any atom is 0.410 e. The van der Waals surface area contributed by atoms with E-state index in [1.54, 1.807) is 4.90 Å². The lowest BCUT2D eigenvalue weighted by atomic mass is 9.90. The number of hydrogen-bond acceptors (Lipinski definition) is 4. The summed E-state index contributed by atoms with van der Waals surface area (Å²) in [6.45, 7) is 1.76. The van der Waals surface area contributed by atoms with E-state index in [0.29, 0.717) is 12.5 Å². The van der Waals surface area contributed by atoms with Gasteiger partial charge in [-0.3, -0.25) is 0 Å². The fourth-order valence-electron chi connectivity index (χ4n) is 2.88. The summed E-state index contributed by atoms with van der Waals surface area (Å²) in [5, 5.41) is 3.94. The number of nitrogens with zero attached hydrogens (tertiary/aromatic N) is 2. The summed E-state index contributed by atoms with van der Waals surface area (Å²) in [5.41, 5.74) is 1.01. The number of oxime groups is 1. The van der Waals surface area contributed by atoms with E-state index in [4.69, 9.17) is 9.57 Å². The van der Waals surface area contributed by atoms with Gasteiger partial charge in [0.25, 0.3) is 0 Å². The first-order valence-electron chi connectivity index (χ1n) is 7.56. The van der Waals surface area contributed by atoms with Crippen LogP contribution in [0.3, 0.4) is 0 Å². The molecular weight excluding hydrogens is 348 g/mol. The lowest BCUT2D eigenvalue weighted by molar-refractivity contribution is 0.0112. The molecule has 6 heteroatoms. The molecule has 1 atom stereocenters. The van der Waals surface area contributed by atoms with Crippen molar-refractivity contribution in [2.45, 2.75) is 32.0 Å². The molecule has 0 bridgehead atoms. The van der Waals surface area contributed by atoms with E-state index in [-0.39, 0.29) is 12.2 Å². The third-order valence-corrected chi connectivity index (χ3v) is 4.65. The van der Waals surface area contributed by atoms with Gasteiger partial charge in [0.05, 0.1) is 0 Å². The van der Waals surface area contributed by atoms with Gasteiger partial charge in [0.2, 0.25) is 0 Å². The number of amides is 1. The molecule has 5 nitrogen and oxygen atoms in total. The summed E-state index contributed by atoms with van der Waals surface area (Å²) < 4.78 is 6.25. The van der Waals surface area contributed by atoms with Crippen LogP contribution in [-0.2, 0) is 16.2 Å². The van der Waals surface area contributed by atoms with Crippen LogP contribution in [0.25, 0.3) is 0 Å². The summed E-state index contributed by atoms with van der Waals surface area (Å²) in [5.74, 6) is 0.456. The second-order valence-electron chi connectivity index (χ2n) is 5.68. The molecule has 0 radical (unpaired) electrons. The highest BCUT2D eigenvalue weighted by atomic mass is 79.9. The molecule has 0 N–H and O–H groups in total. The molecule has 0 aliphatic carbocycles. The largest absolute Gasteiger partial charge is 0.445 e. The number of piperidine rings is 1. The second kappa shape index (κ2) is 7.13. The van der Waals surface area contributed by atoms with E-state index in [0.717, 1.165) is 42.5 Å². The molecule has 2 aliphatic heterocycles. The number of carbonyl (C=O) groups excluding carboxylic acids is 1. The molecule has 3 rings (SSSR count). The quantitative estimate of drug-likeness (QED) is 0.821. The van der Waals surface area contributed by atoms with Gasteiger partial charge in [0, 0.05) is 25.4 Å². The third kappa shape index (κ3) is 3.80. The first kappa shape index (κ1) is 15.3. The topological polar surface area (TPSA) is 51.1 Å². The van der Waals surface area contributed by atoms with Crippen LogP contribution in [-0.4, -0.2) is 34.8 Å². The van der Waals surface area contributed by atoms with Crippen molar-refractivity contribution in [3.05, 3.63) is 35.9 Å². The highest BCUT2D eigenvalue weighted by molar-refractivity contribution is 9.18. The van der Waals surface area contributed by atoms with Gasteiger partial charge in [-0.1, -0.05) is 35.5 Å². The Morgan fingerprint density at radius 1 is 1.32 bits per heavy atom. The smallest absolute Gasteiger partial charge is 0.410 e. The molecule has 1 aromatic carbocycles. The molecule has 2 heterocycles. The third-order valence-electron chi connectivity index (χ3n) is 4.19. The zero-order chi connectivity index (χ0) is 15.4. The Labute approximate surface area is 138 Å². The standard InChI is InChI=1S/C16H19BrN2O3/c17-15-10-14(22-18-15)13-6-8-19(9-7-13)16(20)21-11-12-4-2-1-3-5-12/h1-5,13-14H,6-11H2/t14-/m1/s1. The van der Waals surface area contributed by atoms with Gasteiger partial charge in [-0.05, 0) is 34.3 Å². The Balaban J connectivity index is 1.42. The van der Waals surface area contributed by atoms with E-state index in [1.165, 1.54) is 0 Å². The Kier molecular flexibility index (Phi) is 4.97. The maximum atomic E-state index is 12.1. The molecule has 1 amide bonds. The fourth-order valence-corrected chi connectivity index (χ4v) is 3.29. The molecule has 0 saturated carbocycles. The van der Waals surface area contributed by atoms with Crippen molar-refractivity contribution in [3.63, 3.8) is 0 Å². The monoisotopic (exact) mass is 366 g/mol. The van der Waals surface area contributed by atoms with Gasteiger partial charge in [0.1, 0.15) is 17.3 Å². The first-order valence-corrected chi connectivity index (χ1v) is 8.35. The minimum atomic E-state index is -0.230. The lowest BCUT2D eigenvalue weighted by Crippen LogP contribution is -2.41. The van der Waals surface area contributed by atoms with E-state index in [9.17, 15) is 4.79 Å². The second-order valence-corrected chi connectivity index (χ2v) is 6.60. The van der Waals surface area contributed by atoms with Crippen molar-refractivity contribution in [2.24, 2.45) is 11.1 Å². The molecular formula is C16H19BrN2O3. The normalized spacial score (nSPS) is 22.1. The van der Waals surface area contributed by atoms with E-state index < -0.39 is 0 Å². The van der Waals surface area contributed by atoms with Crippen LogP contribution in [0.15, 0.2) is 35.5 Å². The number of carbonyl (C=O) groups is 1. The van der Waals surface area contributed by atoms with Crippen LogP contribution < -0.4 is 0 Å². The molecule has 1 saturated heterocycles. The number of ether oxygens (including phenoxy) is 1. The van der Waals surface area contributed by atoms with Crippen molar-refractivity contribution in [3.8, 4) is 0 Å². The number of rotatable bonds is 3. The molecule has 22 heavy (non-hydrogen) atoms. The van der Waals surface area contributed by atoms with Gasteiger partial charge in [-0.2, -0.15) is 0 Å². The summed E-state index contributed by atoms with van der Waals surface area (Å²) in [7, 11) is 0. The van der Waals surface area contributed by atoms with Crippen molar-refractivity contribution in [1.29, 1.82) is 0 Å². The molecule has 2 aliphatic rings. The van der Waals surface area contributed by atoms with E-state index >= 15 is 0 Å². The van der Waals surface area contributed by atoms with Crippen LogP contribution in [0.2, 0.25) is 0 Å². The van der Waals surface area contributed by atoms with Crippen molar-refractivity contribution in [1.82, 2.24) is 4.90 Å². The van der Waals surface area contributed by atoms with Crippen molar-refractivity contribution in [2.75, 3.05) is 13.1 Å². The predicted molar refractivity (Wildman–Crippen MR) is 86.8 cm³/mol. The van der Waals surface area contributed by atoms with E-state index in [1.807, 2.05) is 30.3 Å². The molecule has 0 spiro atoms. The highest BCUT2D eigenvalue weighted by Crippen LogP contribution is 2.29. The Bertz CT molecular complexity index is 542. The summed E-state index contributed by atoms with van der Waals surface area (Å²) in [6, 6.07) is 9.74. The van der Waals surface area contributed by atoms with Crippen LogP contribution >= 0.6 is 15.9 Å². The zero-order valence-corrected chi connectivity index (χ0v) is 13.9. The molecule has 118 valence electrons. The van der Waals surface area contributed by atoms with Crippen LogP contribution in [0, 0.1) is 5.92 Å². The molecule has 0 aromatic heterocycles. The van der Waals surface area contributed by atoms with Crippen molar-refractivity contribution >= 4 is 26.6 Å². The lowest BCUT2D eigenvalue weighted by Gasteiger charge is -2.33. The van der Waals surface area contributed by atoms with Gasteiger partial charge in [-0.25, -0.2) is 4.79 Å². The van der Waals surface area contributed by atoms with Crippen LogP contribution in [0.5, 0.6) is 0 Å². The SMILES string of the molecule is O=C(OCc1ccccc1)N1CCC([C@H]2CC(Br)=NO2)CC1. The van der Waals surface area contributed by atoms with Gasteiger partial charge >= 0.3 is 6.09 Å². The number of likely N-dealkylation sites (tertiary alicyclic amines) is 1. The Morgan fingerprint density at radius 2 is 2.05 bits per heavy atom. The Hall–Kier alpha value is -1.56. The number of hydrogen-bond donors (Lipinski definition) is 0. The van der Waals surface area contributed by atoms with Gasteiger partial charge in [0.15, 0.2) is 0 Å². The fraction of sp³-hybridized carbons (Fsp3) is 0.500. The van der Waals surface area contributed by atoms with Crippen LogP contribution in [0.4, 0.5) is 4.79 Å². The molecule has 0 unspecified atom stereocenters. The zero-order valence-electron chi connectivity index (χ0n) is 12.3. The van der Waals surface area contributed by atoms with Gasteiger partial charge in [-0.15, -0.1) is 0 Å².